The maximum Gasteiger partial charge on any atom is 0.314 e. The third-order valence-corrected chi connectivity index (χ3v) is 3.64. The highest BCUT2D eigenvalue weighted by molar-refractivity contribution is 5.81. The van der Waals surface area contributed by atoms with Crippen LogP contribution in [0.3, 0.4) is 0 Å². The summed E-state index contributed by atoms with van der Waals surface area (Å²) in [5.41, 5.74) is 0.0833. The van der Waals surface area contributed by atoms with Crippen LogP contribution in [0, 0.1) is 11.8 Å². The van der Waals surface area contributed by atoms with Gasteiger partial charge in [0.15, 0.2) is 6.29 Å². The first kappa shape index (κ1) is 14.2. The molecule has 0 unspecified atom stereocenters. The fourth-order valence-corrected chi connectivity index (χ4v) is 2.38. The normalized spacial score (nSPS) is 22.0. The highest BCUT2D eigenvalue weighted by atomic mass is 16.5. The number of carbonyl (C=O) groups excluding carboxylic acids is 3. The van der Waals surface area contributed by atoms with Crippen LogP contribution >= 0.6 is 0 Å². The number of phenols is 1. The monoisotopic (exact) mass is 276 g/mol. The molecule has 0 saturated heterocycles. The lowest BCUT2D eigenvalue weighted by Gasteiger charge is -2.23. The van der Waals surface area contributed by atoms with Crippen molar-refractivity contribution in [1.82, 2.24) is 0 Å². The molecule has 0 bridgehead atoms. The molecular formula is C15H16O5. The molecule has 0 radical (unpaired) electrons. The number of benzene rings is 1. The van der Waals surface area contributed by atoms with Crippen molar-refractivity contribution in [3.8, 4) is 11.5 Å². The fraction of sp³-hybridized carbons (Fsp3) is 0.400. The van der Waals surface area contributed by atoms with Crippen LogP contribution in [0.15, 0.2) is 18.2 Å². The molecule has 0 aliphatic heterocycles. The Kier molecular flexibility index (Phi) is 4.50. The zero-order valence-electron chi connectivity index (χ0n) is 11.0. The largest absolute Gasteiger partial charge is 0.507 e. The summed E-state index contributed by atoms with van der Waals surface area (Å²) in [6, 6.07) is 4.09. The Bertz CT molecular complexity index is 515. The van der Waals surface area contributed by atoms with E-state index in [1.165, 1.54) is 18.2 Å². The maximum atomic E-state index is 12.0. The first-order valence-electron chi connectivity index (χ1n) is 6.59. The summed E-state index contributed by atoms with van der Waals surface area (Å²) in [6.07, 6.45) is 4.14. The van der Waals surface area contributed by atoms with Gasteiger partial charge in [-0.3, -0.25) is 9.59 Å². The number of aldehydes is 2. The van der Waals surface area contributed by atoms with Gasteiger partial charge in [0.2, 0.25) is 0 Å². The van der Waals surface area contributed by atoms with Gasteiger partial charge in [0.1, 0.15) is 17.8 Å². The Morgan fingerprint density at radius 2 is 1.90 bits per heavy atom. The minimum absolute atomic E-state index is 0.0504. The van der Waals surface area contributed by atoms with Gasteiger partial charge in [0.05, 0.1) is 11.5 Å². The Hall–Kier alpha value is -2.17. The molecule has 0 amide bonds. The highest BCUT2D eigenvalue weighted by Gasteiger charge is 2.27. The van der Waals surface area contributed by atoms with Crippen molar-refractivity contribution in [3.05, 3.63) is 23.8 Å². The van der Waals surface area contributed by atoms with E-state index in [0.717, 1.165) is 6.29 Å². The zero-order valence-corrected chi connectivity index (χ0v) is 11.0. The fourth-order valence-electron chi connectivity index (χ4n) is 2.38. The molecule has 5 heteroatoms. The summed E-state index contributed by atoms with van der Waals surface area (Å²) < 4.78 is 5.22. The molecule has 20 heavy (non-hydrogen) atoms. The van der Waals surface area contributed by atoms with Crippen LogP contribution in [0.25, 0.3) is 0 Å². The molecule has 0 aromatic heterocycles. The summed E-state index contributed by atoms with van der Waals surface area (Å²) in [7, 11) is 0. The molecule has 1 N–H and O–H groups in total. The van der Waals surface area contributed by atoms with Crippen LogP contribution in [0.5, 0.6) is 11.5 Å². The lowest BCUT2D eigenvalue weighted by atomic mass is 9.83. The van der Waals surface area contributed by atoms with Crippen molar-refractivity contribution >= 4 is 18.5 Å². The Morgan fingerprint density at radius 1 is 1.20 bits per heavy atom. The number of hydrogen-bond acceptors (Lipinski definition) is 5. The van der Waals surface area contributed by atoms with E-state index in [-0.39, 0.29) is 34.9 Å². The minimum atomic E-state index is -0.350. The van der Waals surface area contributed by atoms with Crippen LogP contribution < -0.4 is 4.74 Å². The van der Waals surface area contributed by atoms with Crippen LogP contribution in [0.4, 0.5) is 0 Å². The molecule has 0 spiro atoms. The first-order chi connectivity index (χ1) is 9.63. The molecule has 1 aliphatic carbocycles. The van der Waals surface area contributed by atoms with E-state index in [9.17, 15) is 19.5 Å². The summed E-state index contributed by atoms with van der Waals surface area (Å²) in [5, 5.41) is 9.37. The second-order valence-electron chi connectivity index (χ2n) is 5.01. The van der Waals surface area contributed by atoms with Crippen LogP contribution in [0.2, 0.25) is 0 Å². The van der Waals surface area contributed by atoms with E-state index in [2.05, 4.69) is 0 Å². The summed E-state index contributed by atoms with van der Waals surface area (Å²) in [6.45, 7) is 0. The number of hydrogen-bond donors (Lipinski definition) is 1. The summed E-state index contributed by atoms with van der Waals surface area (Å²) >= 11 is 0. The van der Waals surface area contributed by atoms with E-state index >= 15 is 0 Å². The molecule has 0 atom stereocenters. The smallest absolute Gasteiger partial charge is 0.314 e. The van der Waals surface area contributed by atoms with Gasteiger partial charge in [-0.2, -0.15) is 0 Å². The van der Waals surface area contributed by atoms with Crippen molar-refractivity contribution in [2.75, 3.05) is 0 Å². The second-order valence-corrected chi connectivity index (χ2v) is 5.01. The number of carbonyl (C=O) groups is 3. The van der Waals surface area contributed by atoms with E-state index in [1.807, 2.05) is 0 Å². The SMILES string of the molecule is O=Cc1cc(OC(=O)[C@H]2CC[C@H](C=O)CC2)ccc1O. The van der Waals surface area contributed by atoms with Crippen molar-refractivity contribution in [1.29, 1.82) is 0 Å². The third-order valence-electron chi connectivity index (χ3n) is 3.64. The molecule has 1 aliphatic rings. The molecular weight excluding hydrogens is 260 g/mol. The maximum absolute atomic E-state index is 12.0. The van der Waals surface area contributed by atoms with Gasteiger partial charge in [-0.25, -0.2) is 0 Å². The van der Waals surface area contributed by atoms with E-state index in [1.54, 1.807) is 0 Å². The molecule has 2 rings (SSSR count). The van der Waals surface area contributed by atoms with Crippen molar-refractivity contribution in [2.24, 2.45) is 11.8 Å². The summed E-state index contributed by atoms with van der Waals surface area (Å²) in [5.74, 6) is -0.412. The van der Waals surface area contributed by atoms with Gasteiger partial charge in [-0.1, -0.05) is 0 Å². The molecule has 106 valence electrons. The average molecular weight is 276 g/mol. The van der Waals surface area contributed by atoms with E-state index in [4.69, 9.17) is 4.74 Å². The van der Waals surface area contributed by atoms with Gasteiger partial charge >= 0.3 is 5.97 Å². The predicted octanol–water partition coefficient (Wildman–Crippen LogP) is 2.12. The Balaban J connectivity index is 1.98. The molecule has 1 aromatic carbocycles. The van der Waals surface area contributed by atoms with Crippen molar-refractivity contribution in [2.45, 2.75) is 25.7 Å². The minimum Gasteiger partial charge on any atom is -0.507 e. The third kappa shape index (κ3) is 3.23. The van der Waals surface area contributed by atoms with Crippen LogP contribution in [-0.2, 0) is 9.59 Å². The quantitative estimate of drug-likeness (QED) is 0.517. The van der Waals surface area contributed by atoms with Crippen LogP contribution in [-0.4, -0.2) is 23.6 Å². The van der Waals surface area contributed by atoms with E-state index in [0.29, 0.717) is 32.0 Å². The second kappa shape index (κ2) is 6.32. The molecule has 1 fully saturated rings. The molecule has 1 saturated carbocycles. The van der Waals surface area contributed by atoms with E-state index < -0.39 is 0 Å². The lowest BCUT2D eigenvalue weighted by molar-refractivity contribution is -0.140. The Labute approximate surface area is 116 Å². The van der Waals surface area contributed by atoms with Crippen LogP contribution in [0.1, 0.15) is 36.0 Å². The van der Waals surface area contributed by atoms with Gasteiger partial charge in [0.25, 0.3) is 0 Å². The van der Waals surface area contributed by atoms with Crippen molar-refractivity contribution in [3.63, 3.8) is 0 Å². The number of aromatic hydroxyl groups is 1. The molecule has 1 aromatic rings. The zero-order chi connectivity index (χ0) is 14.5. The van der Waals surface area contributed by atoms with Gasteiger partial charge in [-0.15, -0.1) is 0 Å². The number of phenolic OH excluding ortho intramolecular Hbond substituents is 1. The van der Waals surface area contributed by atoms with Gasteiger partial charge in [-0.05, 0) is 43.9 Å². The molecule has 0 heterocycles. The topological polar surface area (TPSA) is 80.7 Å². The standard InChI is InChI=1S/C15H16O5/c16-8-10-1-3-11(4-2-10)15(19)20-13-5-6-14(18)12(7-13)9-17/h5-11,18H,1-4H2/t10-,11-. The first-order valence-corrected chi connectivity index (χ1v) is 6.59. The lowest BCUT2D eigenvalue weighted by Crippen LogP contribution is -2.26. The predicted molar refractivity (Wildman–Crippen MR) is 70.6 cm³/mol. The number of ether oxygens (including phenoxy) is 1. The number of esters is 1. The average Bonchev–Trinajstić information content (AvgIpc) is 2.49. The van der Waals surface area contributed by atoms with Gasteiger partial charge < -0.3 is 14.6 Å². The molecule has 5 nitrogen and oxygen atoms in total. The number of rotatable bonds is 4. The van der Waals surface area contributed by atoms with Gasteiger partial charge in [0, 0.05) is 5.92 Å². The Morgan fingerprint density at radius 3 is 2.50 bits per heavy atom. The van der Waals surface area contributed by atoms with Crippen molar-refractivity contribution < 1.29 is 24.2 Å². The highest BCUT2D eigenvalue weighted by Crippen LogP contribution is 2.29. The summed E-state index contributed by atoms with van der Waals surface area (Å²) in [4.78, 5) is 33.3.